The first-order chi connectivity index (χ1) is 5.16. The molecule has 0 radical (unpaired) electrons. The van der Waals surface area contributed by atoms with E-state index in [-0.39, 0.29) is 13.4 Å². The molecule has 0 atom stereocenters. The minimum Gasteiger partial charge on any atom is -0.467 e. The van der Waals surface area contributed by atoms with Crippen LogP contribution in [0.3, 0.4) is 0 Å². The van der Waals surface area contributed by atoms with Crippen molar-refractivity contribution in [1.82, 2.24) is 0 Å². The molecule has 0 aromatic carbocycles. The summed E-state index contributed by atoms with van der Waals surface area (Å²) in [5.41, 5.74) is 4.58. The lowest BCUT2D eigenvalue weighted by molar-refractivity contribution is -0.149. The number of esters is 1. The van der Waals surface area contributed by atoms with Crippen molar-refractivity contribution < 1.29 is 23.8 Å². The Bertz CT molecular complexity index is 146. The quantitative estimate of drug-likeness (QED) is 0.334. The van der Waals surface area contributed by atoms with Crippen LogP contribution in [0.5, 0.6) is 0 Å². The summed E-state index contributed by atoms with van der Waals surface area (Å²) in [6.45, 7) is -0.603. The Balaban J connectivity index is 3.14. The van der Waals surface area contributed by atoms with Gasteiger partial charge < -0.3 is 19.9 Å². The lowest BCUT2D eigenvalue weighted by Crippen LogP contribution is -2.18. The molecule has 6 heteroatoms. The van der Waals surface area contributed by atoms with Crippen molar-refractivity contribution in [3.63, 3.8) is 0 Å². The van der Waals surface area contributed by atoms with E-state index in [2.05, 4.69) is 19.9 Å². The molecule has 0 fully saturated rings. The van der Waals surface area contributed by atoms with Crippen LogP contribution in [0, 0.1) is 0 Å². The van der Waals surface area contributed by atoms with Crippen LogP contribution >= 0.6 is 0 Å². The first-order valence-electron chi connectivity index (χ1n) is 2.73. The van der Waals surface area contributed by atoms with E-state index in [1.807, 2.05) is 0 Å². The maximum absolute atomic E-state index is 10.3. The summed E-state index contributed by atoms with van der Waals surface area (Å²) >= 11 is 0. The summed E-state index contributed by atoms with van der Waals surface area (Å²) in [4.78, 5) is 20.3. The molecular formula is C5H9NO5. The molecule has 64 valence electrons. The lowest BCUT2D eigenvalue weighted by atomic mass is 10.7. The van der Waals surface area contributed by atoms with Crippen molar-refractivity contribution in [3.8, 4) is 0 Å². The molecule has 0 aliphatic carbocycles. The number of carbonyl (C=O) groups is 2. The van der Waals surface area contributed by atoms with E-state index in [0.717, 1.165) is 0 Å². The topological polar surface area (TPSA) is 87.8 Å². The van der Waals surface area contributed by atoms with Crippen LogP contribution in [0.15, 0.2) is 0 Å². The van der Waals surface area contributed by atoms with Crippen molar-refractivity contribution in [2.45, 2.75) is 0 Å². The van der Waals surface area contributed by atoms with Gasteiger partial charge in [0, 0.05) is 0 Å². The van der Waals surface area contributed by atoms with Gasteiger partial charge in [-0.2, -0.15) is 0 Å². The fourth-order valence-electron chi connectivity index (χ4n) is 0.284. The van der Waals surface area contributed by atoms with Crippen LogP contribution in [-0.4, -0.2) is 32.6 Å². The zero-order chi connectivity index (χ0) is 8.69. The Morgan fingerprint density at radius 2 is 2.09 bits per heavy atom. The van der Waals surface area contributed by atoms with Crippen molar-refractivity contribution >= 4 is 12.1 Å². The Morgan fingerprint density at radius 1 is 1.45 bits per heavy atom. The van der Waals surface area contributed by atoms with E-state index in [0.29, 0.717) is 0 Å². The summed E-state index contributed by atoms with van der Waals surface area (Å²) in [7, 11) is 1.22. The summed E-state index contributed by atoms with van der Waals surface area (Å²) < 4.78 is 12.9. The average Bonchev–Trinajstić information content (AvgIpc) is 1.97. The Kier molecular flexibility index (Phi) is 4.83. The van der Waals surface area contributed by atoms with Crippen LogP contribution in [0.2, 0.25) is 0 Å². The largest absolute Gasteiger partial charge is 0.467 e. The normalized spacial score (nSPS) is 8.82. The zero-order valence-electron chi connectivity index (χ0n) is 6.03. The highest BCUT2D eigenvalue weighted by Crippen LogP contribution is 1.80. The predicted octanol–water partition coefficient (Wildman–Crippen LogP) is -0.771. The fraction of sp³-hybridized carbons (Fsp3) is 0.600. The molecule has 0 aliphatic heterocycles. The third-order valence-electron chi connectivity index (χ3n) is 0.732. The number of amides is 1. The SMILES string of the molecule is COC(=O)COCOC(N)=O. The van der Waals surface area contributed by atoms with Crippen molar-refractivity contribution in [1.29, 1.82) is 0 Å². The van der Waals surface area contributed by atoms with Gasteiger partial charge in [-0.3, -0.25) is 0 Å². The maximum Gasteiger partial charge on any atom is 0.406 e. The minimum atomic E-state index is -0.949. The van der Waals surface area contributed by atoms with E-state index in [4.69, 9.17) is 0 Å². The smallest absolute Gasteiger partial charge is 0.406 e. The second-order valence-electron chi connectivity index (χ2n) is 1.51. The standard InChI is InChI=1S/C5H9NO5/c1-9-4(7)2-10-3-11-5(6)8/h2-3H2,1H3,(H2,6,8). The van der Waals surface area contributed by atoms with Gasteiger partial charge in [-0.05, 0) is 0 Å². The number of hydrogen-bond donors (Lipinski definition) is 1. The van der Waals surface area contributed by atoms with E-state index in [1.54, 1.807) is 0 Å². The maximum atomic E-state index is 10.3. The lowest BCUT2D eigenvalue weighted by Gasteiger charge is -2.01. The molecule has 0 saturated heterocycles. The highest BCUT2D eigenvalue weighted by atomic mass is 16.7. The van der Waals surface area contributed by atoms with Crippen molar-refractivity contribution in [2.24, 2.45) is 5.73 Å². The van der Waals surface area contributed by atoms with Gasteiger partial charge in [0.15, 0.2) is 6.79 Å². The van der Waals surface area contributed by atoms with Crippen LogP contribution in [-0.2, 0) is 19.0 Å². The van der Waals surface area contributed by atoms with Gasteiger partial charge in [0.05, 0.1) is 7.11 Å². The molecule has 6 nitrogen and oxygen atoms in total. The van der Waals surface area contributed by atoms with Gasteiger partial charge in [0.2, 0.25) is 0 Å². The Labute approximate surface area is 63.2 Å². The van der Waals surface area contributed by atoms with Crippen LogP contribution in [0.4, 0.5) is 4.79 Å². The fourth-order valence-corrected chi connectivity index (χ4v) is 0.284. The van der Waals surface area contributed by atoms with Crippen molar-refractivity contribution in [3.05, 3.63) is 0 Å². The average molecular weight is 163 g/mol. The summed E-state index contributed by atoms with van der Waals surface area (Å²) in [6, 6.07) is 0. The predicted molar refractivity (Wildman–Crippen MR) is 33.5 cm³/mol. The van der Waals surface area contributed by atoms with Gasteiger partial charge >= 0.3 is 12.1 Å². The van der Waals surface area contributed by atoms with Gasteiger partial charge in [-0.15, -0.1) is 0 Å². The number of ether oxygens (including phenoxy) is 3. The van der Waals surface area contributed by atoms with Gasteiger partial charge in [0.1, 0.15) is 6.61 Å². The van der Waals surface area contributed by atoms with E-state index >= 15 is 0 Å². The minimum absolute atomic E-state index is 0.260. The van der Waals surface area contributed by atoms with Crippen LogP contribution < -0.4 is 5.73 Å². The Morgan fingerprint density at radius 3 is 2.55 bits per heavy atom. The number of primary amides is 1. The molecule has 2 N–H and O–H groups in total. The van der Waals surface area contributed by atoms with E-state index in [9.17, 15) is 9.59 Å². The third kappa shape index (κ3) is 6.59. The second-order valence-corrected chi connectivity index (χ2v) is 1.51. The van der Waals surface area contributed by atoms with Gasteiger partial charge in [-0.1, -0.05) is 0 Å². The molecule has 0 aliphatic rings. The Hall–Kier alpha value is -1.30. The summed E-state index contributed by atoms with van der Waals surface area (Å²) in [6.07, 6.45) is -0.949. The van der Waals surface area contributed by atoms with Crippen molar-refractivity contribution in [2.75, 3.05) is 20.5 Å². The van der Waals surface area contributed by atoms with E-state index in [1.165, 1.54) is 7.11 Å². The van der Waals surface area contributed by atoms with Crippen LogP contribution in [0.25, 0.3) is 0 Å². The zero-order valence-corrected chi connectivity index (χ0v) is 6.03. The molecule has 0 aromatic heterocycles. The molecule has 11 heavy (non-hydrogen) atoms. The molecule has 0 spiro atoms. The molecule has 0 heterocycles. The van der Waals surface area contributed by atoms with Crippen LogP contribution in [0.1, 0.15) is 0 Å². The monoisotopic (exact) mass is 163 g/mol. The molecule has 0 saturated carbocycles. The molecule has 0 aromatic rings. The van der Waals surface area contributed by atoms with Gasteiger partial charge in [-0.25, -0.2) is 9.59 Å². The number of hydrogen-bond acceptors (Lipinski definition) is 5. The number of carbonyl (C=O) groups excluding carboxylic acids is 2. The molecular weight excluding hydrogens is 154 g/mol. The molecule has 0 rings (SSSR count). The molecule has 0 unspecified atom stereocenters. The second kappa shape index (κ2) is 5.48. The number of methoxy groups -OCH3 is 1. The first kappa shape index (κ1) is 9.70. The van der Waals surface area contributed by atoms with Gasteiger partial charge in [0.25, 0.3) is 0 Å². The molecule has 0 bridgehead atoms. The number of rotatable bonds is 4. The number of nitrogens with two attached hydrogens (primary N) is 1. The third-order valence-corrected chi connectivity index (χ3v) is 0.732. The molecule has 1 amide bonds. The first-order valence-corrected chi connectivity index (χ1v) is 2.73. The summed E-state index contributed by atoms with van der Waals surface area (Å²) in [5.74, 6) is -0.543. The van der Waals surface area contributed by atoms with E-state index < -0.39 is 12.1 Å². The highest BCUT2D eigenvalue weighted by molar-refractivity contribution is 5.70. The highest BCUT2D eigenvalue weighted by Gasteiger charge is 1.99. The summed E-state index contributed by atoms with van der Waals surface area (Å²) in [5, 5.41) is 0.